The van der Waals surface area contributed by atoms with Crippen molar-refractivity contribution in [1.29, 1.82) is 0 Å². The second-order valence-electron chi connectivity index (χ2n) is 2.20. The molecule has 0 unspecified atom stereocenters. The zero-order valence-corrected chi connectivity index (χ0v) is 9.90. The van der Waals surface area contributed by atoms with Crippen molar-refractivity contribution < 1.29 is 15.9 Å². The van der Waals surface area contributed by atoms with Gasteiger partial charge in [-0.05, 0) is 0 Å². The van der Waals surface area contributed by atoms with E-state index in [2.05, 4.69) is 11.0 Å². The SMILES string of the molecule is CN(C)c1cc[c-]cc1.[Cl][Pd][Cl]. The average Bonchev–Trinajstić information content (AvgIpc) is 2.07. The summed E-state index contributed by atoms with van der Waals surface area (Å²) in [5.74, 6) is 0. The molecule has 1 aromatic rings. The van der Waals surface area contributed by atoms with Crippen LogP contribution in [0.1, 0.15) is 0 Å². The number of benzene rings is 1. The molecule has 1 aromatic carbocycles. The molecule has 0 aromatic heterocycles. The van der Waals surface area contributed by atoms with Crippen molar-refractivity contribution in [3.63, 3.8) is 0 Å². The summed E-state index contributed by atoms with van der Waals surface area (Å²) in [6, 6.07) is 10.8. The molecule has 0 radical (unpaired) electrons. The van der Waals surface area contributed by atoms with Crippen molar-refractivity contribution in [2.45, 2.75) is 0 Å². The Morgan fingerprint density at radius 1 is 1.25 bits per heavy atom. The fraction of sp³-hybridized carbons (Fsp3) is 0.250. The summed E-state index contributed by atoms with van der Waals surface area (Å²) < 4.78 is 0. The number of anilines is 1. The molecule has 0 heterocycles. The molecular weight excluding hydrogens is 287 g/mol. The quantitative estimate of drug-likeness (QED) is 0.569. The van der Waals surface area contributed by atoms with Crippen molar-refractivity contribution in [2.24, 2.45) is 0 Å². The van der Waals surface area contributed by atoms with Gasteiger partial charge in [0, 0.05) is 14.1 Å². The monoisotopic (exact) mass is 296 g/mol. The number of rotatable bonds is 1. The number of hydrogen-bond donors (Lipinski definition) is 0. The van der Waals surface area contributed by atoms with Gasteiger partial charge in [-0.1, -0.05) is 5.69 Å². The number of hydrogen-bond acceptors (Lipinski definition) is 1. The minimum absolute atomic E-state index is 0.106. The third kappa shape index (κ3) is 5.86. The molecule has 0 saturated carbocycles. The Labute approximate surface area is 89.8 Å². The van der Waals surface area contributed by atoms with Crippen LogP contribution < -0.4 is 4.90 Å². The van der Waals surface area contributed by atoms with E-state index in [1.807, 2.05) is 38.4 Å². The van der Waals surface area contributed by atoms with Crippen LogP contribution in [0.3, 0.4) is 0 Å². The van der Waals surface area contributed by atoms with Crippen LogP contribution in [0.4, 0.5) is 5.69 Å². The molecule has 1 rings (SSSR count). The summed E-state index contributed by atoms with van der Waals surface area (Å²) in [5, 5.41) is 0. The molecule has 0 aliphatic carbocycles. The predicted octanol–water partition coefficient (Wildman–Crippen LogP) is 2.93. The molecule has 0 atom stereocenters. The van der Waals surface area contributed by atoms with Crippen LogP contribution in [-0.4, -0.2) is 14.1 Å². The fourth-order valence-corrected chi connectivity index (χ4v) is 0.676. The standard InChI is InChI=1S/C8H10N.2ClH.Pd/c1-9(2)8-6-4-3-5-7-8;;;/h4-7H,1-2H3;2*1H;/q-1;;;+2/p-2. The van der Waals surface area contributed by atoms with Gasteiger partial charge in [-0.2, -0.15) is 18.2 Å². The zero-order chi connectivity index (χ0) is 9.40. The van der Waals surface area contributed by atoms with Crippen LogP contribution >= 0.6 is 19.1 Å². The van der Waals surface area contributed by atoms with E-state index < -0.39 is 0 Å². The van der Waals surface area contributed by atoms with E-state index >= 15 is 0 Å². The molecule has 0 saturated heterocycles. The first-order valence-electron chi connectivity index (χ1n) is 3.18. The molecule has 12 heavy (non-hydrogen) atoms. The van der Waals surface area contributed by atoms with Gasteiger partial charge in [0.2, 0.25) is 0 Å². The molecule has 1 nitrogen and oxygen atoms in total. The van der Waals surface area contributed by atoms with Crippen molar-refractivity contribution in [3.8, 4) is 0 Å². The van der Waals surface area contributed by atoms with Gasteiger partial charge in [-0.15, -0.1) is 12.1 Å². The van der Waals surface area contributed by atoms with E-state index in [-0.39, 0.29) is 15.9 Å². The molecule has 0 aliphatic rings. The molecule has 0 aliphatic heterocycles. The molecule has 72 valence electrons. The van der Waals surface area contributed by atoms with Crippen LogP contribution in [0.2, 0.25) is 0 Å². The van der Waals surface area contributed by atoms with Gasteiger partial charge in [-0.3, -0.25) is 0 Å². The van der Waals surface area contributed by atoms with Crippen LogP contribution in [-0.2, 0) is 15.9 Å². The normalized spacial score (nSPS) is 8.67. The third-order valence-electron chi connectivity index (χ3n) is 1.22. The Hall–Kier alpha value is 0.262. The Kier molecular flexibility index (Phi) is 8.06. The summed E-state index contributed by atoms with van der Waals surface area (Å²) in [6.07, 6.45) is 0. The van der Waals surface area contributed by atoms with E-state index in [0.29, 0.717) is 0 Å². The molecule has 0 spiro atoms. The number of halogens is 2. The molecule has 0 amide bonds. The summed E-state index contributed by atoms with van der Waals surface area (Å²) in [5.41, 5.74) is 1.22. The predicted molar refractivity (Wildman–Crippen MR) is 51.3 cm³/mol. The third-order valence-corrected chi connectivity index (χ3v) is 1.22. The minimum atomic E-state index is -0.106. The van der Waals surface area contributed by atoms with Gasteiger partial charge in [-0.25, -0.2) is 0 Å². The zero-order valence-electron chi connectivity index (χ0n) is 6.83. The van der Waals surface area contributed by atoms with Crippen molar-refractivity contribution in [1.82, 2.24) is 0 Å². The Bertz CT molecular complexity index is 192. The maximum atomic E-state index is 4.81. The molecule has 0 bridgehead atoms. The molecule has 0 fully saturated rings. The molecule has 4 heteroatoms. The van der Waals surface area contributed by atoms with Crippen LogP contribution in [0.5, 0.6) is 0 Å². The van der Waals surface area contributed by atoms with Gasteiger partial charge in [0.15, 0.2) is 0 Å². The van der Waals surface area contributed by atoms with Gasteiger partial charge in [0.05, 0.1) is 0 Å². The molecule has 0 N–H and O–H groups in total. The van der Waals surface area contributed by atoms with Crippen LogP contribution in [0.15, 0.2) is 24.3 Å². The Balaban J connectivity index is 0.000000354. The van der Waals surface area contributed by atoms with Crippen LogP contribution in [0.25, 0.3) is 0 Å². The summed E-state index contributed by atoms with van der Waals surface area (Å²) in [7, 11) is 13.7. The van der Waals surface area contributed by atoms with Crippen molar-refractivity contribution in [3.05, 3.63) is 30.3 Å². The van der Waals surface area contributed by atoms with E-state index in [4.69, 9.17) is 19.1 Å². The Morgan fingerprint density at radius 2 is 1.67 bits per heavy atom. The van der Waals surface area contributed by atoms with Crippen molar-refractivity contribution >= 4 is 24.7 Å². The van der Waals surface area contributed by atoms with E-state index in [0.717, 1.165) is 0 Å². The van der Waals surface area contributed by atoms with E-state index in [1.165, 1.54) is 5.69 Å². The first-order chi connectivity index (χ1) is 5.72. The second kappa shape index (κ2) is 7.89. The first kappa shape index (κ1) is 12.3. The maximum absolute atomic E-state index is 4.81. The summed E-state index contributed by atoms with van der Waals surface area (Å²) in [6.45, 7) is 0. The summed E-state index contributed by atoms with van der Waals surface area (Å²) >= 11 is -0.106. The van der Waals surface area contributed by atoms with Crippen LogP contribution in [0, 0.1) is 6.07 Å². The van der Waals surface area contributed by atoms with Gasteiger partial charge in [0.1, 0.15) is 0 Å². The van der Waals surface area contributed by atoms with Gasteiger partial charge >= 0.3 is 35.0 Å². The Morgan fingerprint density at radius 3 is 1.92 bits per heavy atom. The topological polar surface area (TPSA) is 3.24 Å². The second-order valence-corrected chi connectivity index (χ2v) is 4.56. The van der Waals surface area contributed by atoms with Gasteiger partial charge < -0.3 is 4.90 Å². The van der Waals surface area contributed by atoms with E-state index in [9.17, 15) is 0 Å². The average molecular weight is 298 g/mol. The number of nitrogens with zero attached hydrogens (tertiary/aromatic N) is 1. The van der Waals surface area contributed by atoms with Crippen molar-refractivity contribution in [2.75, 3.05) is 19.0 Å². The van der Waals surface area contributed by atoms with Gasteiger partial charge in [0.25, 0.3) is 0 Å². The fourth-order valence-electron chi connectivity index (χ4n) is 0.676. The van der Waals surface area contributed by atoms with E-state index in [1.54, 1.807) is 0 Å². The molecular formula is C8H10Cl2NPd-. The first-order valence-corrected chi connectivity index (χ1v) is 7.18. The summed E-state index contributed by atoms with van der Waals surface area (Å²) in [4.78, 5) is 2.06.